The molecule has 0 bridgehead atoms. The predicted octanol–water partition coefficient (Wildman–Crippen LogP) is 2.76. The van der Waals surface area contributed by atoms with Crippen LogP contribution in [0.5, 0.6) is 0 Å². The lowest BCUT2D eigenvalue weighted by Crippen LogP contribution is -1.99. The Hall–Kier alpha value is -1.33. The maximum atomic E-state index is 11.3. The molecule has 0 aliphatic rings. The number of hydrogen-bond donors (Lipinski definition) is 1. The monoisotopic (exact) mass is 267 g/mol. The summed E-state index contributed by atoms with van der Waals surface area (Å²) >= 11 is 1.69. The van der Waals surface area contributed by atoms with E-state index in [2.05, 4.69) is 11.4 Å². The Morgan fingerprint density at radius 1 is 1.18 bits per heavy atom. The first kappa shape index (κ1) is 12.1. The van der Waals surface area contributed by atoms with Crippen LogP contribution in [0, 0.1) is 0 Å². The molecule has 1 N–H and O–H groups in total. The summed E-state index contributed by atoms with van der Waals surface area (Å²) in [6.45, 7) is 0.760. The van der Waals surface area contributed by atoms with Gasteiger partial charge in [0.2, 0.25) is 0 Å². The summed E-state index contributed by atoms with van der Waals surface area (Å²) in [6.07, 6.45) is 1.21. The molecule has 0 spiro atoms. The van der Waals surface area contributed by atoms with Gasteiger partial charge in [0.05, 0.1) is 4.90 Å². The SMILES string of the molecule is CS(=O)(=O)c1ccc(NCc2cccs2)cc1. The molecule has 0 atom stereocenters. The second-order valence-electron chi connectivity index (χ2n) is 3.73. The molecule has 0 fully saturated rings. The highest BCUT2D eigenvalue weighted by atomic mass is 32.2. The lowest BCUT2D eigenvalue weighted by molar-refractivity contribution is 0.602. The molecule has 1 aromatic carbocycles. The first-order valence-corrected chi connectivity index (χ1v) is 7.89. The summed E-state index contributed by atoms with van der Waals surface area (Å²) in [5.74, 6) is 0. The summed E-state index contributed by atoms with van der Waals surface area (Å²) in [6, 6.07) is 10.9. The predicted molar refractivity (Wildman–Crippen MR) is 71.2 cm³/mol. The molecule has 0 aliphatic carbocycles. The molecular formula is C12H13NO2S2. The highest BCUT2D eigenvalue weighted by Gasteiger charge is 2.05. The number of benzene rings is 1. The molecule has 1 heterocycles. The zero-order chi connectivity index (χ0) is 12.3. The normalized spacial score (nSPS) is 11.4. The Balaban J connectivity index is 2.04. The van der Waals surface area contributed by atoms with E-state index in [9.17, 15) is 8.42 Å². The lowest BCUT2D eigenvalue weighted by Gasteiger charge is -2.05. The molecule has 90 valence electrons. The standard InChI is InChI=1S/C12H13NO2S2/c1-17(14,15)12-6-4-10(5-7-12)13-9-11-3-2-8-16-11/h2-8,13H,9H2,1H3. The van der Waals surface area contributed by atoms with Gasteiger partial charge in [0.1, 0.15) is 0 Å². The molecule has 3 nitrogen and oxygen atoms in total. The third kappa shape index (κ3) is 3.31. The van der Waals surface area contributed by atoms with Gasteiger partial charge in [0.15, 0.2) is 9.84 Å². The highest BCUT2D eigenvalue weighted by molar-refractivity contribution is 7.90. The van der Waals surface area contributed by atoms with Crippen molar-refractivity contribution < 1.29 is 8.42 Å². The van der Waals surface area contributed by atoms with Crippen LogP contribution in [0.3, 0.4) is 0 Å². The molecule has 0 amide bonds. The van der Waals surface area contributed by atoms with Gasteiger partial charge >= 0.3 is 0 Å². The molecule has 0 saturated heterocycles. The average Bonchev–Trinajstić information content (AvgIpc) is 2.78. The second-order valence-corrected chi connectivity index (χ2v) is 6.78. The highest BCUT2D eigenvalue weighted by Crippen LogP contribution is 2.16. The Labute approximate surface area is 105 Å². The summed E-state index contributed by atoms with van der Waals surface area (Å²) in [7, 11) is -3.10. The van der Waals surface area contributed by atoms with Crippen LogP contribution in [0.15, 0.2) is 46.7 Å². The number of nitrogens with one attached hydrogen (secondary N) is 1. The van der Waals surface area contributed by atoms with Gasteiger partial charge < -0.3 is 5.32 Å². The number of hydrogen-bond acceptors (Lipinski definition) is 4. The largest absolute Gasteiger partial charge is 0.380 e. The molecule has 5 heteroatoms. The van der Waals surface area contributed by atoms with Crippen LogP contribution >= 0.6 is 11.3 Å². The fourth-order valence-electron chi connectivity index (χ4n) is 1.42. The van der Waals surface area contributed by atoms with Crippen molar-refractivity contribution in [3.63, 3.8) is 0 Å². The van der Waals surface area contributed by atoms with Crippen molar-refractivity contribution in [3.05, 3.63) is 46.7 Å². The van der Waals surface area contributed by atoms with E-state index in [-0.39, 0.29) is 0 Å². The van der Waals surface area contributed by atoms with Gasteiger partial charge in [0.25, 0.3) is 0 Å². The van der Waals surface area contributed by atoms with E-state index < -0.39 is 9.84 Å². The molecule has 0 radical (unpaired) electrons. The van der Waals surface area contributed by atoms with Crippen LogP contribution in [0.4, 0.5) is 5.69 Å². The van der Waals surface area contributed by atoms with Crippen LogP contribution in [0.25, 0.3) is 0 Å². The van der Waals surface area contributed by atoms with E-state index in [1.807, 2.05) is 11.4 Å². The van der Waals surface area contributed by atoms with Crippen molar-refractivity contribution in [2.24, 2.45) is 0 Å². The minimum Gasteiger partial charge on any atom is -0.380 e. The van der Waals surface area contributed by atoms with E-state index >= 15 is 0 Å². The molecular weight excluding hydrogens is 254 g/mol. The second kappa shape index (κ2) is 4.89. The Morgan fingerprint density at radius 3 is 2.41 bits per heavy atom. The molecule has 2 aromatic rings. The van der Waals surface area contributed by atoms with Gasteiger partial charge in [-0.3, -0.25) is 0 Å². The first-order chi connectivity index (χ1) is 8.05. The molecule has 0 aliphatic heterocycles. The van der Waals surface area contributed by atoms with Crippen molar-refractivity contribution in [1.29, 1.82) is 0 Å². The van der Waals surface area contributed by atoms with E-state index in [1.54, 1.807) is 35.6 Å². The zero-order valence-electron chi connectivity index (χ0n) is 9.38. The van der Waals surface area contributed by atoms with Crippen LogP contribution in [-0.2, 0) is 16.4 Å². The third-order valence-corrected chi connectivity index (χ3v) is 4.33. The third-order valence-electron chi connectivity index (χ3n) is 2.33. The lowest BCUT2D eigenvalue weighted by atomic mass is 10.3. The van der Waals surface area contributed by atoms with Crippen molar-refractivity contribution in [1.82, 2.24) is 0 Å². The first-order valence-electron chi connectivity index (χ1n) is 5.12. The molecule has 0 unspecified atom stereocenters. The van der Waals surface area contributed by atoms with Gasteiger partial charge in [-0.05, 0) is 35.7 Å². The zero-order valence-corrected chi connectivity index (χ0v) is 11.0. The summed E-state index contributed by atoms with van der Waals surface area (Å²) in [5.41, 5.74) is 0.922. The van der Waals surface area contributed by atoms with Crippen LogP contribution in [0.2, 0.25) is 0 Å². The van der Waals surface area contributed by atoms with E-state index in [0.29, 0.717) is 4.90 Å². The van der Waals surface area contributed by atoms with Gasteiger partial charge in [-0.15, -0.1) is 11.3 Å². The van der Waals surface area contributed by atoms with E-state index in [4.69, 9.17) is 0 Å². The fraction of sp³-hybridized carbons (Fsp3) is 0.167. The summed E-state index contributed by atoms with van der Waals surface area (Å²) < 4.78 is 22.5. The molecule has 1 aromatic heterocycles. The quantitative estimate of drug-likeness (QED) is 0.926. The Bertz CT molecular complexity index is 571. The number of anilines is 1. The summed E-state index contributed by atoms with van der Waals surface area (Å²) in [4.78, 5) is 1.59. The van der Waals surface area contributed by atoms with Crippen molar-refractivity contribution >= 4 is 26.9 Å². The van der Waals surface area contributed by atoms with Crippen LogP contribution in [-0.4, -0.2) is 14.7 Å². The molecule has 2 rings (SSSR count). The van der Waals surface area contributed by atoms with Crippen LogP contribution in [0.1, 0.15) is 4.88 Å². The van der Waals surface area contributed by atoms with Gasteiger partial charge in [-0.25, -0.2) is 8.42 Å². The topological polar surface area (TPSA) is 46.2 Å². The smallest absolute Gasteiger partial charge is 0.175 e. The average molecular weight is 267 g/mol. The van der Waals surface area contributed by atoms with Gasteiger partial charge in [-0.2, -0.15) is 0 Å². The molecule has 17 heavy (non-hydrogen) atoms. The van der Waals surface area contributed by atoms with Gasteiger partial charge in [0, 0.05) is 23.4 Å². The van der Waals surface area contributed by atoms with Crippen molar-refractivity contribution in [2.45, 2.75) is 11.4 Å². The van der Waals surface area contributed by atoms with E-state index in [0.717, 1.165) is 12.2 Å². The summed E-state index contributed by atoms with van der Waals surface area (Å²) in [5, 5.41) is 5.27. The minimum absolute atomic E-state index is 0.346. The Kier molecular flexibility index (Phi) is 3.49. The van der Waals surface area contributed by atoms with Crippen molar-refractivity contribution in [2.75, 3.05) is 11.6 Å². The van der Waals surface area contributed by atoms with Crippen molar-refractivity contribution in [3.8, 4) is 0 Å². The Morgan fingerprint density at radius 2 is 1.88 bits per heavy atom. The maximum Gasteiger partial charge on any atom is 0.175 e. The van der Waals surface area contributed by atoms with E-state index in [1.165, 1.54) is 11.1 Å². The van der Waals surface area contributed by atoms with Crippen LogP contribution < -0.4 is 5.32 Å². The fourth-order valence-corrected chi connectivity index (χ4v) is 2.70. The number of sulfone groups is 1. The van der Waals surface area contributed by atoms with Gasteiger partial charge in [-0.1, -0.05) is 6.07 Å². The minimum atomic E-state index is -3.10. The maximum absolute atomic E-state index is 11.3. The molecule has 0 saturated carbocycles. The number of rotatable bonds is 4. The number of thiophene rings is 1.